The largest absolute Gasteiger partial charge is 0.497 e. The van der Waals surface area contributed by atoms with Gasteiger partial charge in [-0.25, -0.2) is 4.98 Å². The highest BCUT2D eigenvalue weighted by molar-refractivity contribution is 6.03. The average Bonchev–Trinajstić information content (AvgIpc) is 2.86. The van der Waals surface area contributed by atoms with E-state index in [9.17, 15) is 4.79 Å². The van der Waals surface area contributed by atoms with Crippen molar-refractivity contribution in [3.63, 3.8) is 0 Å². The Balaban J connectivity index is 2.21. The van der Waals surface area contributed by atoms with Gasteiger partial charge in [-0.3, -0.25) is 4.79 Å². The zero-order valence-corrected chi connectivity index (χ0v) is 10.9. The first-order valence-corrected chi connectivity index (χ1v) is 5.92. The number of nitrogens with one attached hydrogen (secondary N) is 2. The first kappa shape index (κ1) is 12.9. The Kier molecular flexibility index (Phi) is 3.70. The van der Waals surface area contributed by atoms with Gasteiger partial charge in [-0.05, 0) is 30.2 Å². The number of aryl methyl sites for hydroxylation is 1. The van der Waals surface area contributed by atoms with Gasteiger partial charge in [0.2, 0.25) is 0 Å². The molecule has 4 N–H and O–H groups in total. The van der Waals surface area contributed by atoms with Gasteiger partial charge in [0.05, 0.1) is 13.3 Å². The van der Waals surface area contributed by atoms with Crippen molar-refractivity contribution < 1.29 is 9.53 Å². The summed E-state index contributed by atoms with van der Waals surface area (Å²) in [6.07, 6.45) is 2.19. The van der Waals surface area contributed by atoms with E-state index in [0.717, 1.165) is 23.4 Å². The minimum absolute atomic E-state index is 0.218. The quantitative estimate of drug-likeness (QED) is 0.781. The van der Waals surface area contributed by atoms with E-state index in [0.29, 0.717) is 5.69 Å². The van der Waals surface area contributed by atoms with E-state index in [2.05, 4.69) is 15.3 Å². The summed E-state index contributed by atoms with van der Waals surface area (Å²) in [5.74, 6) is 0.709. The van der Waals surface area contributed by atoms with E-state index < -0.39 is 0 Å². The summed E-state index contributed by atoms with van der Waals surface area (Å²) >= 11 is 0. The van der Waals surface area contributed by atoms with Gasteiger partial charge in [-0.15, -0.1) is 0 Å². The zero-order valence-electron chi connectivity index (χ0n) is 10.9. The van der Waals surface area contributed by atoms with Gasteiger partial charge in [0.15, 0.2) is 5.95 Å². The van der Waals surface area contributed by atoms with Crippen LogP contribution < -0.4 is 15.8 Å². The van der Waals surface area contributed by atoms with Crippen molar-refractivity contribution in [3.05, 3.63) is 35.7 Å². The molecular formula is C13H16N4O2. The number of rotatable bonds is 4. The third-order valence-corrected chi connectivity index (χ3v) is 2.78. The molecule has 1 aromatic carbocycles. The molecule has 0 fully saturated rings. The second-order valence-corrected chi connectivity index (χ2v) is 4.01. The van der Waals surface area contributed by atoms with Crippen molar-refractivity contribution in [2.24, 2.45) is 0 Å². The van der Waals surface area contributed by atoms with E-state index in [4.69, 9.17) is 10.5 Å². The van der Waals surface area contributed by atoms with Crippen molar-refractivity contribution in [2.75, 3.05) is 18.2 Å². The van der Waals surface area contributed by atoms with Crippen LogP contribution in [0, 0.1) is 0 Å². The lowest BCUT2D eigenvalue weighted by Crippen LogP contribution is -2.13. The molecule has 100 valence electrons. The Morgan fingerprint density at radius 2 is 2.32 bits per heavy atom. The molecule has 0 aliphatic carbocycles. The van der Waals surface area contributed by atoms with Crippen LogP contribution in [0.2, 0.25) is 0 Å². The van der Waals surface area contributed by atoms with E-state index in [1.54, 1.807) is 13.2 Å². The molecular weight excluding hydrogens is 244 g/mol. The molecule has 2 aromatic rings. The lowest BCUT2D eigenvalue weighted by Gasteiger charge is -2.10. The predicted molar refractivity (Wildman–Crippen MR) is 73.3 cm³/mol. The summed E-state index contributed by atoms with van der Waals surface area (Å²) in [6, 6.07) is 5.52. The van der Waals surface area contributed by atoms with Crippen LogP contribution in [0.1, 0.15) is 23.0 Å². The van der Waals surface area contributed by atoms with Gasteiger partial charge in [-0.2, -0.15) is 0 Å². The SMILES string of the molecule is CCc1cc(OC)ccc1NC(=O)c1cnc(N)[nH]1. The Morgan fingerprint density at radius 1 is 1.53 bits per heavy atom. The summed E-state index contributed by atoms with van der Waals surface area (Å²) in [7, 11) is 1.61. The Labute approximate surface area is 111 Å². The van der Waals surface area contributed by atoms with E-state index in [1.807, 2.05) is 19.1 Å². The second kappa shape index (κ2) is 5.43. The third-order valence-electron chi connectivity index (χ3n) is 2.78. The molecule has 0 saturated carbocycles. The van der Waals surface area contributed by atoms with E-state index in [1.165, 1.54) is 6.20 Å². The van der Waals surface area contributed by atoms with Crippen LogP contribution in [-0.4, -0.2) is 23.0 Å². The maximum Gasteiger partial charge on any atom is 0.273 e. The molecule has 0 radical (unpaired) electrons. The number of carbonyl (C=O) groups excluding carboxylic acids is 1. The highest BCUT2D eigenvalue weighted by atomic mass is 16.5. The smallest absolute Gasteiger partial charge is 0.273 e. The number of methoxy groups -OCH3 is 1. The molecule has 0 bridgehead atoms. The van der Waals surface area contributed by atoms with Gasteiger partial charge in [0.25, 0.3) is 5.91 Å². The zero-order chi connectivity index (χ0) is 13.8. The second-order valence-electron chi connectivity index (χ2n) is 4.01. The molecule has 1 aromatic heterocycles. The van der Waals surface area contributed by atoms with Gasteiger partial charge in [0, 0.05) is 5.69 Å². The van der Waals surface area contributed by atoms with Gasteiger partial charge < -0.3 is 20.8 Å². The molecule has 0 unspecified atom stereocenters. The number of amides is 1. The normalized spacial score (nSPS) is 10.2. The number of hydrogen-bond acceptors (Lipinski definition) is 4. The Hall–Kier alpha value is -2.50. The number of anilines is 2. The van der Waals surface area contributed by atoms with E-state index in [-0.39, 0.29) is 11.9 Å². The lowest BCUT2D eigenvalue weighted by molar-refractivity contribution is 0.102. The molecule has 0 saturated heterocycles. The number of imidazole rings is 1. The number of aromatic nitrogens is 2. The van der Waals surface area contributed by atoms with Crippen LogP contribution >= 0.6 is 0 Å². The van der Waals surface area contributed by atoms with Gasteiger partial charge in [0.1, 0.15) is 11.4 Å². The third kappa shape index (κ3) is 2.85. The number of aromatic amines is 1. The van der Waals surface area contributed by atoms with Crippen LogP contribution in [0.3, 0.4) is 0 Å². The summed E-state index contributed by atoms with van der Waals surface area (Å²) < 4.78 is 5.16. The molecule has 1 heterocycles. The van der Waals surface area contributed by atoms with E-state index >= 15 is 0 Å². The van der Waals surface area contributed by atoms with Crippen molar-refractivity contribution in [2.45, 2.75) is 13.3 Å². The first-order valence-electron chi connectivity index (χ1n) is 5.92. The fourth-order valence-corrected chi connectivity index (χ4v) is 1.75. The minimum Gasteiger partial charge on any atom is -0.497 e. The molecule has 6 nitrogen and oxygen atoms in total. The minimum atomic E-state index is -0.274. The summed E-state index contributed by atoms with van der Waals surface area (Å²) in [4.78, 5) is 18.5. The Bertz CT molecular complexity index is 592. The molecule has 0 aliphatic heterocycles. The number of nitrogens with zero attached hydrogens (tertiary/aromatic N) is 1. The average molecular weight is 260 g/mol. The van der Waals surface area contributed by atoms with Crippen LogP contribution in [0.15, 0.2) is 24.4 Å². The molecule has 0 aliphatic rings. The number of benzene rings is 1. The number of nitrogen functional groups attached to an aromatic ring is 1. The van der Waals surface area contributed by atoms with Gasteiger partial charge >= 0.3 is 0 Å². The highest BCUT2D eigenvalue weighted by Gasteiger charge is 2.11. The standard InChI is InChI=1S/C13H16N4O2/c1-3-8-6-9(19-2)4-5-10(8)16-12(18)11-7-15-13(14)17-11/h4-7H,3H2,1-2H3,(H,16,18)(H3,14,15,17). The number of carbonyl (C=O) groups is 1. The number of H-pyrrole nitrogens is 1. The van der Waals surface area contributed by atoms with Crippen LogP contribution in [0.5, 0.6) is 5.75 Å². The number of nitrogens with two attached hydrogens (primary N) is 1. The molecule has 2 rings (SSSR count). The summed E-state index contributed by atoms with van der Waals surface area (Å²) in [5, 5.41) is 2.82. The number of hydrogen-bond donors (Lipinski definition) is 3. The van der Waals surface area contributed by atoms with Crippen molar-refractivity contribution >= 4 is 17.5 Å². The lowest BCUT2D eigenvalue weighted by atomic mass is 10.1. The molecule has 19 heavy (non-hydrogen) atoms. The molecule has 1 amide bonds. The van der Waals surface area contributed by atoms with Crippen LogP contribution in [0.25, 0.3) is 0 Å². The monoisotopic (exact) mass is 260 g/mol. The Morgan fingerprint density at radius 3 is 2.89 bits per heavy atom. The molecule has 0 atom stereocenters. The van der Waals surface area contributed by atoms with Crippen LogP contribution in [-0.2, 0) is 6.42 Å². The maximum absolute atomic E-state index is 12.0. The molecule has 0 spiro atoms. The van der Waals surface area contributed by atoms with Gasteiger partial charge in [-0.1, -0.05) is 6.92 Å². The number of ether oxygens (including phenoxy) is 1. The topological polar surface area (TPSA) is 93.0 Å². The van der Waals surface area contributed by atoms with Crippen molar-refractivity contribution in [1.29, 1.82) is 0 Å². The fraction of sp³-hybridized carbons (Fsp3) is 0.231. The fourth-order valence-electron chi connectivity index (χ4n) is 1.75. The van der Waals surface area contributed by atoms with Crippen LogP contribution in [0.4, 0.5) is 11.6 Å². The van der Waals surface area contributed by atoms with Crippen molar-refractivity contribution in [3.8, 4) is 5.75 Å². The molecule has 6 heteroatoms. The predicted octanol–water partition coefficient (Wildman–Crippen LogP) is 1.82. The van der Waals surface area contributed by atoms with Crippen molar-refractivity contribution in [1.82, 2.24) is 9.97 Å². The summed E-state index contributed by atoms with van der Waals surface area (Å²) in [6.45, 7) is 2.01. The summed E-state index contributed by atoms with van der Waals surface area (Å²) in [5.41, 5.74) is 7.52. The maximum atomic E-state index is 12.0. The first-order chi connectivity index (χ1) is 9.13. The highest BCUT2D eigenvalue weighted by Crippen LogP contribution is 2.23.